The van der Waals surface area contributed by atoms with Gasteiger partial charge in [0, 0.05) is 0 Å². The molecule has 0 atom stereocenters. The van der Waals surface area contributed by atoms with Crippen molar-refractivity contribution in [2.45, 2.75) is 122 Å². The van der Waals surface area contributed by atoms with Crippen LogP contribution in [0, 0.1) is 34.0 Å². The number of carboxylic acid groups (broad SMARTS) is 3. The van der Waals surface area contributed by atoms with Gasteiger partial charge in [-0.1, -0.05) is 82.6 Å². The third-order valence-electron chi connectivity index (χ3n) is 8.19. The summed E-state index contributed by atoms with van der Waals surface area (Å²) in [6, 6.07) is 0. The number of hydrogen-bond acceptors (Lipinski definition) is 3. The highest BCUT2D eigenvalue weighted by molar-refractivity contribution is 5.75. The van der Waals surface area contributed by atoms with Crippen LogP contribution in [-0.2, 0) is 14.4 Å². The molecule has 33 heavy (non-hydrogen) atoms. The van der Waals surface area contributed by atoms with Crippen molar-refractivity contribution in [1.82, 2.24) is 0 Å². The maximum atomic E-state index is 10.9. The number of carboxylic acids is 3. The van der Waals surface area contributed by atoms with Crippen molar-refractivity contribution in [3.63, 3.8) is 0 Å². The van der Waals surface area contributed by atoms with Gasteiger partial charge in [-0.15, -0.1) is 0 Å². The van der Waals surface area contributed by atoms with E-state index in [1.165, 1.54) is 0 Å². The zero-order chi connectivity index (χ0) is 27.2. The Morgan fingerprint density at radius 1 is 0.606 bits per heavy atom. The normalized spacial score (nSPS) is 12.1. The molecule has 0 aliphatic heterocycles. The van der Waals surface area contributed by atoms with Crippen molar-refractivity contribution in [3.05, 3.63) is 0 Å². The Kier molecular flexibility index (Phi) is 17.6. The Hall–Kier alpha value is -1.59. The monoisotopic (exact) mass is 474 g/mol. The summed E-state index contributed by atoms with van der Waals surface area (Å²) in [4.78, 5) is 32.7. The lowest BCUT2D eigenvalue weighted by atomic mass is 9.71. The van der Waals surface area contributed by atoms with Crippen LogP contribution in [0.15, 0.2) is 0 Å². The summed E-state index contributed by atoms with van der Waals surface area (Å²) in [7, 11) is 0. The molecule has 0 heterocycles. The average molecular weight is 475 g/mol. The molecule has 0 spiro atoms. The van der Waals surface area contributed by atoms with Gasteiger partial charge in [-0.3, -0.25) is 14.4 Å². The molecular weight excluding hydrogens is 420 g/mol. The second kappa shape index (κ2) is 16.1. The van der Waals surface area contributed by atoms with Crippen LogP contribution in [0.4, 0.5) is 0 Å². The zero-order valence-corrected chi connectivity index (χ0v) is 23.5. The lowest BCUT2D eigenvalue weighted by Crippen LogP contribution is -2.38. The molecule has 0 aromatic rings. The molecule has 0 saturated heterocycles. The minimum atomic E-state index is -0.692. The lowest BCUT2D eigenvalue weighted by molar-refractivity contribution is -0.154. The summed E-state index contributed by atoms with van der Waals surface area (Å²) in [5.74, 6) is -1.40. The number of rotatable bonds is 12. The average Bonchev–Trinajstić information content (AvgIpc) is 2.72. The smallest absolute Gasteiger partial charge is 0.309 e. The van der Waals surface area contributed by atoms with Gasteiger partial charge in [0.1, 0.15) is 0 Å². The molecule has 0 aromatic carbocycles. The van der Waals surface area contributed by atoms with E-state index in [2.05, 4.69) is 0 Å². The fourth-order valence-electron chi connectivity index (χ4n) is 4.27. The first-order chi connectivity index (χ1) is 15.0. The minimum absolute atomic E-state index is 0.181. The number of hydrogen-bond donors (Lipinski definition) is 3. The molecule has 0 aromatic heterocycles. The van der Waals surface area contributed by atoms with E-state index in [4.69, 9.17) is 15.3 Å². The van der Waals surface area contributed by atoms with Crippen LogP contribution in [-0.4, -0.2) is 33.2 Å². The molecule has 0 aliphatic rings. The van der Waals surface area contributed by atoms with E-state index in [9.17, 15) is 14.4 Å². The van der Waals surface area contributed by atoms with E-state index in [1.54, 1.807) is 0 Å². The zero-order valence-electron chi connectivity index (χ0n) is 23.5. The summed E-state index contributed by atoms with van der Waals surface area (Å²) in [5, 5.41) is 26.9. The van der Waals surface area contributed by atoms with E-state index >= 15 is 0 Å². The molecule has 0 saturated carbocycles. The third kappa shape index (κ3) is 9.66. The van der Waals surface area contributed by atoms with Crippen molar-refractivity contribution < 1.29 is 29.7 Å². The van der Waals surface area contributed by atoms with E-state index in [-0.39, 0.29) is 17.8 Å². The molecule has 0 fully saturated rings. The first-order valence-corrected chi connectivity index (χ1v) is 12.7. The standard InChI is InChI=1S/3C9H18O2/c1-6(2)9(5,7(3)4)8(10)11;1-5-9(6-2,7(3)4)8(10)11;1-4-7-9(5-2,6-3)8(10)11/h6-7H,1-5H3,(H,10,11);7H,5-6H2,1-4H3,(H,10,11);4-7H2,1-3H3,(H,10,11). The fraction of sp³-hybridized carbons (Fsp3) is 0.889. The topological polar surface area (TPSA) is 112 Å². The quantitative estimate of drug-likeness (QED) is 0.268. The van der Waals surface area contributed by atoms with Gasteiger partial charge in [-0.05, 0) is 56.8 Å². The summed E-state index contributed by atoms with van der Waals surface area (Å²) < 4.78 is 0. The van der Waals surface area contributed by atoms with Gasteiger partial charge in [-0.25, -0.2) is 0 Å². The third-order valence-corrected chi connectivity index (χ3v) is 8.19. The molecule has 0 rings (SSSR count). The Labute approximate surface area is 203 Å². The second-order valence-corrected chi connectivity index (χ2v) is 10.3. The minimum Gasteiger partial charge on any atom is -0.481 e. The van der Waals surface area contributed by atoms with Crippen molar-refractivity contribution in [2.24, 2.45) is 34.0 Å². The largest absolute Gasteiger partial charge is 0.481 e. The van der Waals surface area contributed by atoms with Crippen LogP contribution >= 0.6 is 0 Å². The number of aliphatic carboxylic acids is 3. The first-order valence-electron chi connectivity index (χ1n) is 12.7. The van der Waals surface area contributed by atoms with Crippen molar-refractivity contribution >= 4 is 17.9 Å². The van der Waals surface area contributed by atoms with Gasteiger partial charge in [0.25, 0.3) is 0 Å². The van der Waals surface area contributed by atoms with E-state index in [0.717, 1.165) is 38.5 Å². The summed E-state index contributed by atoms with van der Waals surface area (Å²) >= 11 is 0. The summed E-state index contributed by atoms with van der Waals surface area (Å²) in [6.07, 6.45) is 4.68. The molecule has 0 unspecified atom stereocenters. The van der Waals surface area contributed by atoms with Gasteiger partial charge < -0.3 is 15.3 Å². The Bertz CT molecular complexity index is 538. The predicted octanol–water partition coefficient (Wildman–Crippen LogP) is 7.60. The van der Waals surface area contributed by atoms with Crippen molar-refractivity contribution in [3.8, 4) is 0 Å². The Morgan fingerprint density at radius 2 is 0.970 bits per heavy atom. The Balaban J connectivity index is -0.000000409. The molecule has 6 heteroatoms. The maximum absolute atomic E-state index is 10.9. The van der Waals surface area contributed by atoms with Crippen molar-refractivity contribution in [2.75, 3.05) is 0 Å². The molecule has 0 bridgehead atoms. The summed E-state index contributed by atoms with van der Waals surface area (Å²) in [6.45, 7) is 23.4. The lowest BCUT2D eigenvalue weighted by Gasteiger charge is -2.32. The fourth-order valence-corrected chi connectivity index (χ4v) is 4.27. The van der Waals surface area contributed by atoms with Crippen LogP contribution in [0.2, 0.25) is 0 Å². The van der Waals surface area contributed by atoms with Crippen LogP contribution in [0.5, 0.6) is 0 Å². The van der Waals surface area contributed by atoms with E-state index in [1.807, 2.05) is 83.1 Å². The van der Waals surface area contributed by atoms with E-state index < -0.39 is 34.2 Å². The molecule has 3 N–H and O–H groups in total. The molecule has 0 aliphatic carbocycles. The van der Waals surface area contributed by atoms with Gasteiger partial charge >= 0.3 is 17.9 Å². The molecule has 198 valence electrons. The molecular formula is C27H54O6. The SMILES string of the molecule is CC(C)C(C)(C(=O)O)C(C)C.CCC(CC)(C(=O)O)C(C)C.CCCC(CC)(CC)C(=O)O. The highest BCUT2D eigenvalue weighted by Crippen LogP contribution is 2.36. The van der Waals surface area contributed by atoms with Crippen LogP contribution in [0.25, 0.3) is 0 Å². The van der Waals surface area contributed by atoms with Crippen molar-refractivity contribution in [1.29, 1.82) is 0 Å². The van der Waals surface area contributed by atoms with Gasteiger partial charge in [0.15, 0.2) is 0 Å². The van der Waals surface area contributed by atoms with Crippen LogP contribution in [0.1, 0.15) is 122 Å². The highest BCUT2D eigenvalue weighted by atomic mass is 16.4. The first kappa shape index (κ1) is 36.0. The van der Waals surface area contributed by atoms with E-state index in [0.29, 0.717) is 0 Å². The maximum Gasteiger partial charge on any atom is 0.309 e. The highest BCUT2D eigenvalue weighted by Gasteiger charge is 2.39. The number of carbonyl (C=O) groups is 3. The van der Waals surface area contributed by atoms with Crippen LogP contribution < -0.4 is 0 Å². The van der Waals surface area contributed by atoms with Gasteiger partial charge in [0.2, 0.25) is 0 Å². The molecule has 0 radical (unpaired) electrons. The molecule has 0 amide bonds. The molecule has 6 nitrogen and oxygen atoms in total. The Morgan fingerprint density at radius 3 is 1.00 bits per heavy atom. The van der Waals surface area contributed by atoms with Gasteiger partial charge in [0.05, 0.1) is 16.2 Å². The van der Waals surface area contributed by atoms with Crippen LogP contribution in [0.3, 0.4) is 0 Å². The van der Waals surface area contributed by atoms with Gasteiger partial charge in [-0.2, -0.15) is 0 Å². The second-order valence-electron chi connectivity index (χ2n) is 10.3. The predicted molar refractivity (Wildman–Crippen MR) is 136 cm³/mol. The summed E-state index contributed by atoms with van der Waals surface area (Å²) in [5.41, 5.74) is -1.53.